The number of hydrogen-bond donors (Lipinski definition) is 2. The maximum Gasteiger partial charge on any atom is 0.335 e. The molecule has 22 heavy (non-hydrogen) atoms. The molecule has 0 heterocycles. The Balaban J connectivity index is 2.43. The van der Waals surface area contributed by atoms with Crippen molar-refractivity contribution in [1.82, 2.24) is 0 Å². The Morgan fingerprint density at radius 2 is 1.14 bits per heavy atom. The zero-order valence-electron chi connectivity index (χ0n) is 12.1. The molecule has 0 aromatic heterocycles. The van der Waals surface area contributed by atoms with Gasteiger partial charge in [-0.3, -0.25) is 4.79 Å². The van der Waals surface area contributed by atoms with E-state index in [-0.39, 0.29) is 16.9 Å². The molecule has 0 amide bonds. The van der Waals surface area contributed by atoms with Crippen LogP contribution in [0.3, 0.4) is 0 Å². The molecular weight excluding hydrogens is 284 g/mol. The second kappa shape index (κ2) is 5.81. The molecule has 2 aromatic rings. The maximum absolute atomic E-state index is 12.5. The van der Waals surface area contributed by atoms with Crippen molar-refractivity contribution in [2.45, 2.75) is 13.8 Å². The zero-order chi connectivity index (χ0) is 16.4. The van der Waals surface area contributed by atoms with Crippen LogP contribution in [0, 0.1) is 13.8 Å². The molecule has 0 spiro atoms. The smallest absolute Gasteiger partial charge is 0.335 e. The number of carbonyl (C=O) groups is 3. The first-order valence-electron chi connectivity index (χ1n) is 6.54. The predicted octanol–water partition coefficient (Wildman–Crippen LogP) is 2.93. The summed E-state index contributed by atoms with van der Waals surface area (Å²) in [6.07, 6.45) is 0. The normalized spacial score (nSPS) is 10.3. The van der Waals surface area contributed by atoms with E-state index in [1.165, 1.54) is 36.4 Å². The van der Waals surface area contributed by atoms with Gasteiger partial charge in [0.1, 0.15) is 0 Å². The molecule has 112 valence electrons. The van der Waals surface area contributed by atoms with Crippen molar-refractivity contribution in [2.24, 2.45) is 0 Å². The summed E-state index contributed by atoms with van der Waals surface area (Å²) in [6.45, 7) is 3.35. The highest BCUT2D eigenvalue weighted by Gasteiger charge is 2.17. The number of hydrogen-bond acceptors (Lipinski definition) is 3. The van der Waals surface area contributed by atoms with Crippen LogP contribution in [-0.2, 0) is 0 Å². The third-order valence-corrected chi connectivity index (χ3v) is 3.66. The molecule has 5 heteroatoms. The van der Waals surface area contributed by atoms with Crippen molar-refractivity contribution in [3.63, 3.8) is 0 Å². The summed E-state index contributed by atoms with van der Waals surface area (Å²) in [5, 5.41) is 17.9. The lowest BCUT2D eigenvalue weighted by molar-refractivity contribution is 0.0685. The fraction of sp³-hybridized carbons (Fsp3) is 0.118. The average molecular weight is 298 g/mol. The van der Waals surface area contributed by atoms with Crippen molar-refractivity contribution in [1.29, 1.82) is 0 Å². The van der Waals surface area contributed by atoms with E-state index in [0.717, 1.165) is 0 Å². The molecule has 0 radical (unpaired) electrons. The van der Waals surface area contributed by atoms with E-state index in [1.54, 1.807) is 13.8 Å². The first-order chi connectivity index (χ1) is 10.3. The molecule has 0 aliphatic carbocycles. The Morgan fingerprint density at radius 3 is 1.64 bits per heavy atom. The topological polar surface area (TPSA) is 91.7 Å². The Labute approximate surface area is 126 Å². The molecule has 0 saturated heterocycles. The standard InChI is InChI=1S/C17H14O5/c1-9-10(2)14(17(21)22)8-7-13(9)15(18)11-3-5-12(6-4-11)16(19)20/h3-8H,1-2H3,(H,19,20)(H,21,22). The lowest BCUT2D eigenvalue weighted by Gasteiger charge is -2.10. The van der Waals surface area contributed by atoms with Gasteiger partial charge in [0.25, 0.3) is 0 Å². The predicted molar refractivity (Wildman–Crippen MR) is 79.7 cm³/mol. The maximum atomic E-state index is 12.5. The SMILES string of the molecule is Cc1c(C(=O)O)ccc(C(=O)c2ccc(C(=O)O)cc2)c1C. The molecular formula is C17H14O5. The first kappa shape index (κ1) is 15.4. The van der Waals surface area contributed by atoms with E-state index < -0.39 is 11.9 Å². The number of carbonyl (C=O) groups excluding carboxylic acids is 1. The van der Waals surface area contributed by atoms with Crippen LogP contribution >= 0.6 is 0 Å². The number of carboxylic acid groups (broad SMARTS) is 2. The molecule has 2 aromatic carbocycles. The summed E-state index contributed by atoms with van der Waals surface area (Å²) in [7, 11) is 0. The quantitative estimate of drug-likeness (QED) is 0.847. The van der Waals surface area contributed by atoms with E-state index in [1.807, 2.05) is 0 Å². The monoisotopic (exact) mass is 298 g/mol. The van der Waals surface area contributed by atoms with Gasteiger partial charge < -0.3 is 10.2 Å². The summed E-state index contributed by atoms with van der Waals surface area (Å²) < 4.78 is 0. The van der Waals surface area contributed by atoms with E-state index in [4.69, 9.17) is 10.2 Å². The second-order valence-corrected chi connectivity index (χ2v) is 4.93. The van der Waals surface area contributed by atoms with Crippen LogP contribution < -0.4 is 0 Å². The largest absolute Gasteiger partial charge is 0.478 e. The molecule has 0 aliphatic rings. The summed E-state index contributed by atoms with van der Waals surface area (Å²) in [4.78, 5) is 34.4. The van der Waals surface area contributed by atoms with Crippen molar-refractivity contribution in [2.75, 3.05) is 0 Å². The Morgan fingerprint density at radius 1 is 0.682 bits per heavy atom. The van der Waals surface area contributed by atoms with Crippen molar-refractivity contribution in [3.8, 4) is 0 Å². The van der Waals surface area contributed by atoms with Gasteiger partial charge in [-0.2, -0.15) is 0 Å². The molecule has 0 unspecified atom stereocenters. The highest BCUT2D eigenvalue weighted by molar-refractivity contribution is 6.11. The minimum atomic E-state index is -1.06. The van der Waals surface area contributed by atoms with Gasteiger partial charge in [-0.15, -0.1) is 0 Å². The average Bonchev–Trinajstić information content (AvgIpc) is 2.49. The summed E-state index contributed by atoms with van der Waals surface area (Å²) >= 11 is 0. The highest BCUT2D eigenvalue weighted by atomic mass is 16.4. The van der Waals surface area contributed by atoms with Crippen LogP contribution in [-0.4, -0.2) is 27.9 Å². The molecule has 0 saturated carbocycles. The van der Waals surface area contributed by atoms with Gasteiger partial charge in [0.15, 0.2) is 5.78 Å². The summed E-state index contributed by atoms with van der Waals surface area (Å²) in [5.74, 6) is -2.36. The lowest BCUT2D eigenvalue weighted by atomic mass is 9.93. The fourth-order valence-corrected chi connectivity index (χ4v) is 2.22. The molecule has 2 N–H and O–H groups in total. The molecule has 0 atom stereocenters. The fourth-order valence-electron chi connectivity index (χ4n) is 2.22. The minimum absolute atomic E-state index is 0.102. The third kappa shape index (κ3) is 2.74. The van der Waals surface area contributed by atoms with Gasteiger partial charge in [-0.25, -0.2) is 9.59 Å². The molecule has 5 nitrogen and oxygen atoms in total. The van der Waals surface area contributed by atoms with E-state index in [9.17, 15) is 14.4 Å². The van der Waals surface area contributed by atoms with Gasteiger partial charge in [0.2, 0.25) is 0 Å². The van der Waals surface area contributed by atoms with Crippen LogP contribution in [0.2, 0.25) is 0 Å². The molecule has 0 aliphatic heterocycles. The van der Waals surface area contributed by atoms with Crippen molar-refractivity contribution < 1.29 is 24.6 Å². The van der Waals surface area contributed by atoms with Crippen molar-refractivity contribution >= 4 is 17.7 Å². The Kier molecular flexibility index (Phi) is 4.08. The Bertz CT molecular complexity index is 772. The molecule has 0 fully saturated rings. The van der Waals surface area contributed by atoms with Crippen LogP contribution in [0.15, 0.2) is 36.4 Å². The number of benzene rings is 2. The highest BCUT2D eigenvalue weighted by Crippen LogP contribution is 2.21. The lowest BCUT2D eigenvalue weighted by Crippen LogP contribution is -2.09. The number of aromatic carboxylic acids is 2. The molecule has 2 rings (SSSR count). The van der Waals surface area contributed by atoms with Gasteiger partial charge in [-0.05, 0) is 49.2 Å². The van der Waals surface area contributed by atoms with Gasteiger partial charge >= 0.3 is 11.9 Å². The van der Waals surface area contributed by atoms with E-state index >= 15 is 0 Å². The first-order valence-corrected chi connectivity index (χ1v) is 6.54. The van der Waals surface area contributed by atoms with Crippen molar-refractivity contribution in [3.05, 3.63) is 69.8 Å². The van der Waals surface area contributed by atoms with Crippen LogP contribution in [0.4, 0.5) is 0 Å². The second-order valence-electron chi connectivity index (χ2n) is 4.93. The third-order valence-electron chi connectivity index (χ3n) is 3.66. The Hall–Kier alpha value is -2.95. The molecule has 0 bridgehead atoms. The number of carboxylic acids is 2. The number of rotatable bonds is 4. The minimum Gasteiger partial charge on any atom is -0.478 e. The zero-order valence-corrected chi connectivity index (χ0v) is 12.1. The van der Waals surface area contributed by atoms with Gasteiger partial charge in [0.05, 0.1) is 11.1 Å². The van der Waals surface area contributed by atoms with Crippen LogP contribution in [0.5, 0.6) is 0 Å². The van der Waals surface area contributed by atoms with Crippen LogP contribution in [0.25, 0.3) is 0 Å². The van der Waals surface area contributed by atoms with Crippen LogP contribution in [0.1, 0.15) is 47.8 Å². The number of ketones is 1. The summed E-state index contributed by atoms with van der Waals surface area (Å²) in [5.41, 5.74) is 2.18. The van der Waals surface area contributed by atoms with E-state index in [0.29, 0.717) is 22.3 Å². The summed E-state index contributed by atoms with van der Waals surface area (Å²) in [6, 6.07) is 8.52. The van der Waals surface area contributed by atoms with E-state index in [2.05, 4.69) is 0 Å². The van der Waals surface area contributed by atoms with Gasteiger partial charge in [0, 0.05) is 11.1 Å². The van der Waals surface area contributed by atoms with Gasteiger partial charge in [-0.1, -0.05) is 12.1 Å².